The van der Waals surface area contributed by atoms with Gasteiger partial charge in [0.25, 0.3) is 0 Å². The zero-order chi connectivity index (χ0) is 11.4. The molecule has 0 aliphatic heterocycles. The highest BCUT2D eigenvalue weighted by molar-refractivity contribution is 5.78. The van der Waals surface area contributed by atoms with Crippen LogP contribution in [0.1, 0.15) is 41.5 Å². The monoisotopic (exact) mass is 199 g/mol. The van der Waals surface area contributed by atoms with Crippen LogP contribution in [0.4, 0.5) is 0 Å². The van der Waals surface area contributed by atoms with E-state index >= 15 is 0 Å². The molecular formula is C11H21NO2. The Labute approximate surface area is 86.6 Å². The van der Waals surface area contributed by atoms with Crippen molar-refractivity contribution >= 4 is 12.2 Å². The summed E-state index contributed by atoms with van der Waals surface area (Å²) < 4.78 is 5.02. The third-order valence-electron chi connectivity index (χ3n) is 1.38. The summed E-state index contributed by atoms with van der Waals surface area (Å²) in [5.74, 6) is -0.263. The second-order valence-electron chi connectivity index (χ2n) is 4.81. The van der Waals surface area contributed by atoms with Crippen LogP contribution in [0.5, 0.6) is 0 Å². The number of hydrogen-bond donors (Lipinski definition) is 0. The third-order valence-corrected chi connectivity index (χ3v) is 1.38. The fourth-order valence-corrected chi connectivity index (χ4v) is 0.727. The summed E-state index contributed by atoms with van der Waals surface area (Å²) in [7, 11) is 0. The third kappa shape index (κ3) is 6.63. The summed E-state index contributed by atoms with van der Waals surface area (Å²) >= 11 is 0. The van der Waals surface area contributed by atoms with Gasteiger partial charge in [-0.3, -0.25) is 4.99 Å². The van der Waals surface area contributed by atoms with Gasteiger partial charge in [0, 0.05) is 6.21 Å². The van der Waals surface area contributed by atoms with Crippen LogP contribution in [0.15, 0.2) is 4.99 Å². The second kappa shape index (κ2) is 5.13. The molecule has 0 fully saturated rings. The molecule has 0 saturated carbocycles. The largest absolute Gasteiger partial charge is 0.461 e. The van der Waals surface area contributed by atoms with E-state index in [1.165, 1.54) is 0 Å². The van der Waals surface area contributed by atoms with Crippen LogP contribution in [0.2, 0.25) is 0 Å². The Balaban J connectivity index is 4.15. The van der Waals surface area contributed by atoms with E-state index in [-0.39, 0.29) is 17.5 Å². The number of rotatable bonds is 3. The number of hydrogen-bond acceptors (Lipinski definition) is 3. The second-order valence-corrected chi connectivity index (χ2v) is 4.81. The standard InChI is InChI=1S/C11H21NO2/c1-8(2)14-10(13)9(3)12-7-11(4,5)6/h7-9H,1-6H3. The molecule has 0 radical (unpaired) electrons. The Bertz CT molecular complexity index is 214. The summed E-state index contributed by atoms with van der Waals surface area (Å²) in [5.41, 5.74) is 0.00632. The zero-order valence-corrected chi connectivity index (χ0v) is 10.00. The fourth-order valence-electron chi connectivity index (χ4n) is 0.727. The van der Waals surface area contributed by atoms with Crippen LogP contribution in [0.3, 0.4) is 0 Å². The Hall–Kier alpha value is -0.860. The van der Waals surface area contributed by atoms with Gasteiger partial charge in [0.15, 0.2) is 0 Å². The van der Waals surface area contributed by atoms with Crippen molar-refractivity contribution in [2.75, 3.05) is 0 Å². The molecule has 0 saturated heterocycles. The minimum atomic E-state index is -0.406. The topological polar surface area (TPSA) is 38.7 Å². The van der Waals surface area contributed by atoms with Crippen LogP contribution in [0, 0.1) is 5.41 Å². The van der Waals surface area contributed by atoms with Gasteiger partial charge in [-0.05, 0) is 26.2 Å². The van der Waals surface area contributed by atoms with Crippen molar-refractivity contribution in [1.29, 1.82) is 0 Å². The summed E-state index contributed by atoms with van der Waals surface area (Å²) in [6.07, 6.45) is 1.72. The highest BCUT2D eigenvalue weighted by Crippen LogP contribution is 2.09. The highest BCUT2D eigenvalue weighted by atomic mass is 16.5. The Morgan fingerprint density at radius 2 is 1.79 bits per heavy atom. The van der Waals surface area contributed by atoms with Gasteiger partial charge in [-0.25, -0.2) is 4.79 Å². The molecule has 0 rings (SSSR count). The lowest BCUT2D eigenvalue weighted by molar-refractivity contribution is -0.148. The van der Waals surface area contributed by atoms with Crippen molar-refractivity contribution in [3.05, 3.63) is 0 Å². The summed E-state index contributed by atoms with van der Waals surface area (Å²) in [4.78, 5) is 15.5. The molecule has 14 heavy (non-hydrogen) atoms. The van der Waals surface area contributed by atoms with Crippen molar-refractivity contribution in [3.8, 4) is 0 Å². The van der Waals surface area contributed by atoms with Crippen molar-refractivity contribution in [1.82, 2.24) is 0 Å². The molecule has 0 aromatic heterocycles. The van der Waals surface area contributed by atoms with Crippen molar-refractivity contribution in [2.24, 2.45) is 10.4 Å². The van der Waals surface area contributed by atoms with Crippen LogP contribution in [0.25, 0.3) is 0 Å². The molecule has 82 valence electrons. The van der Waals surface area contributed by atoms with Gasteiger partial charge in [0.1, 0.15) is 6.04 Å². The number of ether oxygens (including phenoxy) is 1. The highest BCUT2D eigenvalue weighted by Gasteiger charge is 2.15. The van der Waals surface area contributed by atoms with E-state index in [1.54, 1.807) is 13.1 Å². The molecule has 1 unspecified atom stereocenters. The lowest BCUT2D eigenvalue weighted by Crippen LogP contribution is -2.22. The molecule has 0 aliphatic rings. The van der Waals surface area contributed by atoms with Gasteiger partial charge in [-0.2, -0.15) is 0 Å². The van der Waals surface area contributed by atoms with Gasteiger partial charge >= 0.3 is 5.97 Å². The molecule has 0 spiro atoms. The van der Waals surface area contributed by atoms with E-state index in [0.717, 1.165) is 0 Å². The molecule has 0 heterocycles. The van der Waals surface area contributed by atoms with E-state index < -0.39 is 6.04 Å². The van der Waals surface area contributed by atoms with Crippen LogP contribution >= 0.6 is 0 Å². The lowest BCUT2D eigenvalue weighted by Gasteiger charge is -2.13. The molecule has 0 aromatic carbocycles. The van der Waals surface area contributed by atoms with E-state index in [2.05, 4.69) is 4.99 Å². The predicted molar refractivity (Wildman–Crippen MR) is 58.6 cm³/mol. The number of nitrogens with zero attached hydrogens (tertiary/aromatic N) is 1. The first kappa shape index (κ1) is 13.1. The first-order valence-electron chi connectivity index (χ1n) is 4.97. The summed E-state index contributed by atoms with van der Waals surface area (Å²) in [6, 6.07) is -0.406. The summed E-state index contributed by atoms with van der Waals surface area (Å²) in [6.45, 7) is 11.5. The van der Waals surface area contributed by atoms with E-state index in [0.29, 0.717) is 0 Å². The smallest absolute Gasteiger partial charge is 0.330 e. The maximum atomic E-state index is 11.3. The summed E-state index contributed by atoms with van der Waals surface area (Å²) in [5, 5.41) is 0. The quantitative estimate of drug-likeness (QED) is 0.517. The molecule has 3 heteroatoms. The Kier molecular flexibility index (Phi) is 4.81. The van der Waals surface area contributed by atoms with Crippen LogP contribution < -0.4 is 0 Å². The SMILES string of the molecule is CC(C)OC(=O)C(C)N=CC(C)(C)C. The van der Waals surface area contributed by atoms with E-state index in [9.17, 15) is 4.79 Å². The number of carbonyl (C=O) groups excluding carboxylic acids is 1. The molecule has 0 bridgehead atoms. The normalized spacial score (nSPS) is 14.8. The van der Waals surface area contributed by atoms with E-state index in [1.807, 2.05) is 34.6 Å². The minimum Gasteiger partial charge on any atom is -0.461 e. The average molecular weight is 199 g/mol. The lowest BCUT2D eigenvalue weighted by atomic mass is 9.99. The first-order valence-corrected chi connectivity index (χ1v) is 4.97. The molecule has 1 atom stereocenters. The Morgan fingerprint density at radius 3 is 2.14 bits per heavy atom. The minimum absolute atomic E-state index is 0.00632. The van der Waals surface area contributed by atoms with Gasteiger partial charge < -0.3 is 4.74 Å². The van der Waals surface area contributed by atoms with Gasteiger partial charge in [-0.15, -0.1) is 0 Å². The predicted octanol–water partition coefficient (Wildman–Crippen LogP) is 2.44. The zero-order valence-electron chi connectivity index (χ0n) is 10.00. The average Bonchev–Trinajstić information content (AvgIpc) is 1.97. The number of carbonyl (C=O) groups is 1. The maximum Gasteiger partial charge on any atom is 0.330 e. The molecular weight excluding hydrogens is 178 g/mol. The molecule has 3 nitrogen and oxygen atoms in total. The van der Waals surface area contributed by atoms with Crippen molar-refractivity contribution < 1.29 is 9.53 Å². The van der Waals surface area contributed by atoms with Crippen molar-refractivity contribution in [2.45, 2.75) is 53.7 Å². The number of esters is 1. The van der Waals surface area contributed by atoms with Crippen molar-refractivity contribution in [3.63, 3.8) is 0 Å². The van der Waals surface area contributed by atoms with Crippen LogP contribution in [-0.4, -0.2) is 24.3 Å². The fraction of sp³-hybridized carbons (Fsp3) is 0.818. The van der Waals surface area contributed by atoms with Gasteiger partial charge in [0.05, 0.1) is 6.10 Å². The van der Waals surface area contributed by atoms with Gasteiger partial charge in [-0.1, -0.05) is 20.8 Å². The molecule has 0 aromatic rings. The van der Waals surface area contributed by atoms with Crippen LogP contribution in [-0.2, 0) is 9.53 Å². The van der Waals surface area contributed by atoms with Gasteiger partial charge in [0.2, 0.25) is 0 Å². The molecule has 0 aliphatic carbocycles. The number of aliphatic imine (C=N–C) groups is 1. The van der Waals surface area contributed by atoms with E-state index in [4.69, 9.17) is 4.74 Å². The maximum absolute atomic E-state index is 11.3. The Morgan fingerprint density at radius 1 is 1.29 bits per heavy atom. The molecule has 0 amide bonds. The molecule has 0 N–H and O–H groups in total. The first-order chi connectivity index (χ1) is 6.22.